The standard InChI is InChI=1S/C31H45N7O5S2/c1-21(2)15-37(45(42,43)28-18-35(6)20-32-28)17-27(39)26(14-24-10-8-7-9-11-24)34-30(40)29(22(3)4)38-13-12-36(31(38)41)16-25-19-44-23(5)33-25/h7-11,18-22,26-27,29,39H,12-17H2,1-6H3,(H,34,40)/t26-,27-,29-/m0/s1. The highest BCUT2D eigenvalue weighted by Crippen LogP contribution is 2.23. The number of aliphatic hydroxyl groups is 1. The van der Waals surface area contributed by atoms with Crippen LogP contribution >= 0.6 is 11.3 Å². The van der Waals surface area contributed by atoms with E-state index in [0.717, 1.165) is 16.3 Å². The zero-order valence-electron chi connectivity index (χ0n) is 26.8. The second-order valence-corrected chi connectivity index (χ2v) is 15.4. The van der Waals surface area contributed by atoms with Crippen LogP contribution in [0.3, 0.4) is 0 Å². The van der Waals surface area contributed by atoms with E-state index < -0.39 is 34.1 Å². The van der Waals surface area contributed by atoms with Gasteiger partial charge in [0.05, 0.1) is 35.7 Å². The van der Waals surface area contributed by atoms with Crippen molar-refractivity contribution in [2.45, 2.75) is 70.8 Å². The lowest BCUT2D eigenvalue weighted by Gasteiger charge is -2.34. The van der Waals surface area contributed by atoms with E-state index in [1.165, 1.54) is 28.2 Å². The number of nitrogens with zero attached hydrogens (tertiary/aromatic N) is 6. The molecule has 1 aromatic carbocycles. The van der Waals surface area contributed by atoms with E-state index in [2.05, 4.69) is 15.3 Å². The Balaban J connectivity index is 1.56. The van der Waals surface area contributed by atoms with Crippen LogP contribution in [-0.2, 0) is 34.8 Å². The molecule has 246 valence electrons. The number of urea groups is 1. The Morgan fingerprint density at radius 3 is 2.42 bits per heavy atom. The first-order chi connectivity index (χ1) is 21.3. The summed E-state index contributed by atoms with van der Waals surface area (Å²) in [5, 5.41) is 17.4. The van der Waals surface area contributed by atoms with Crippen LogP contribution in [0.15, 0.2) is 53.3 Å². The average Bonchev–Trinajstić information content (AvgIpc) is 3.69. The van der Waals surface area contributed by atoms with Gasteiger partial charge in [0.25, 0.3) is 10.0 Å². The minimum atomic E-state index is -4.02. The van der Waals surface area contributed by atoms with Crippen LogP contribution < -0.4 is 5.32 Å². The number of aryl methyl sites for hydroxylation is 2. The topological polar surface area (TPSA) is 141 Å². The Morgan fingerprint density at radius 1 is 1.13 bits per heavy atom. The molecule has 3 amide bonds. The van der Waals surface area contributed by atoms with Crippen molar-refractivity contribution in [2.24, 2.45) is 18.9 Å². The molecule has 1 fully saturated rings. The SMILES string of the molecule is Cc1nc(CN2CCN([C@H](C(=O)N[C@@H](Cc3ccccc3)[C@@H](O)CN(CC(C)C)S(=O)(=O)c3cn(C)cn3)C(C)C)C2=O)cs1. The number of imidazole rings is 1. The summed E-state index contributed by atoms with van der Waals surface area (Å²) in [6.07, 6.45) is 1.86. The second-order valence-electron chi connectivity index (χ2n) is 12.4. The van der Waals surface area contributed by atoms with Crippen LogP contribution in [0.25, 0.3) is 0 Å². The summed E-state index contributed by atoms with van der Waals surface area (Å²) in [4.78, 5) is 39.3. The summed E-state index contributed by atoms with van der Waals surface area (Å²) in [7, 11) is -2.33. The number of carbonyl (C=O) groups is 2. The van der Waals surface area contributed by atoms with Gasteiger partial charge in [0, 0.05) is 44.8 Å². The highest BCUT2D eigenvalue weighted by atomic mass is 32.2. The summed E-state index contributed by atoms with van der Waals surface area (Å²) < 4.78 is 30.0. The molecule has 3 atom stereocenters. The molecule has 0 aliphatic carbocycles. The summed E-state index contributed by atoms with van der Waals surface area (Å²) in [6.45, 7) is 10.6. The van der Waals surface area contributed by atoms with Gasteiger partial charge in [0.2, 0.25) is 5.91 Å². The quantitative estimate of drug-likeness (QED) is 0.256. The number of hydrogen-bond donors (Lipinski definition) is 2. The number of thiazole rings is 1. The van der Waals surface area contributed by atoms with Gasteiger partial charge in [0.1, 0.15) is 6.04 Å². The number of aliphatic hydroxyl groups excluding tert-OH is 1. The zero-order chi connectivity index (χ0) is 32.9. The van der Waals surface area contributed by atoms with Gasteiger partial charge in [-0.1, -0.05) is 58.0 Å². The third-order valence-corrected chi connectivity index (χ3v) is 10.3. The highest BCUT2D eigenvalue weighted by molar-refractivity contribution is 7.89. The van der Waals surface area contributed by atoms with Crippen molar-refractivity contribution in [3.05, 3.63) is 64.5 Å². The van der Waals surface area contributed by atoms with Crippen molar-refractivity contribution in [3.8, 4) is 0 Å². The number of carbonyl (C=O) groups excluding carboxylic acids is 2. The first kappa shape index (κ1) is 34.5. The van der Waals surface area contributed by atoms with Crippen LogP contribution in [0.1, 0.15) is 44.0 Å². The van der Waals surface area contributed by atoms with E-state index in [1.807, 2.05) is 70.3 Å². The van der Waals surface area contributed by atoms with Crippen LogP contribution in [0.4, 0.5) is 4.79 Å². The van der Waals surface area contributed by atoms with Crippen LogP contribution in [0.2, 0.25) is 0 Å². The predicted octanol–water partition coefficient (Wildman–Crippen LogP) is 2.88. The van der Waals surface area contributed by atoms with Crippen molar-refractivity contribution in [2.75, 3.05) is 26.2 Å². The van der Waals surface area contributed by atoms with Gasteiger partial charge in [-0.05, 0) is 30.7 Å². The molecule has 12 nitrogen and oxygen atoms in total. The first-order valence-corrected chi connectivity index (χ1v) is 17.5. The Labute approximate surface area is 270 Å². The lowest BCUT2D eigenvalue weighted by atomic mass is 9.97. The van der Waals surface area contributed by atoms with Crippen LogP contribution in [-0.4, -0.2) is 98.5 Å². The molecular formula is C31H45N7O5S2. The van der Waals surface area contributed by atoms with Gasteiger partial charge in [-0.15, -0.1) is 11.3 Å². The summed E-state index contributed by atoms with van der Waals surface area (Å²) in [5.74, 6) is -0.639. The van der Waals surface area contributed by atoms with Crippen molar-refractivity contribution >= 4 is 33.3 Å². The summed E-state index contributed by atoms with van der Waals surface area (Å²) in [6, 6.07) is 7.55. The molecule has 3 heterocycles. The maximum absolute atomic E-state index is 14.0. The number of sulfonamides is 1. The number of aromatic nitrogens is 3. The molecule has 3 aromatic rings. The van der Waals surface area contributed by atoms with E-state index >= 15 is 0 Å². The minimum Gasteiger partial charge on any atom is -0.390 e. The fourth-order valence-electron chi connectivity index (χ4n) is 5.57. The van der Waals surface area contributed by atoms with Gasteiger partial charge in [-0.3, -0.25) is 4.79 Å². The Kier molecular flexibility index (Phi) is 11.4. The third-order valence-electron chi connectivity index (χ3n) is 7.72. The van der Waals surface area contributed by atoms with Crippen LogP contribution in [0.5, 0.6) is 0 Å². The van der Waals surface area contributed by atoms with Crippen molar-refractivity contribution in [3.63, 3.8) is 0 Å². The molecule has 1 aliphatic heterocycles. The van der Waals surface area contributed by atoms with Gasteiger partial charge in [0.15, 0.2) is 5.03 Å². The molecule has 0 radical (unpaired) electrons. The molecule has 14 heteroatoms. The van der Waals surface area contributed by atoms with Gasteiger partial charge in [-0.25, -0.2) is 23.2 Å². The zero-order valence-corrected chi connectivity index (χ0v) is 28.5. The highest BCUT2D eigenvalue weighted by Gasteiger charge is 2.40. The second kappa shape index (κ2) is 14.8. The molecule has 45 heavy (non-hydrogen) atoms. The Hall–Kier alpha value is -3.33. The van der Waals surface area contributed by atoms with Gasteiger partial charge < -0.3 is 24.8 Å². The van der Waals surface area contributed by atoms with Gasteiger partial charge >= 0.3 is 6.03 Å². The first-order valence-electron chi connectivity index (χ1n) is 15.2. The molecule has 2 N–H and O–H groups in total. The predicted molar refractivity (Wildman–Crippen MR) is 173 cm³/mol. The molecule has 2 aromatic heterocycles. The largest absolute Gasteiger partial charge is 0.390 e. The maximum Gasteiger partial charge on any atom is 0.321 e. The van der Waals surface area contributed by atoms with Gasteiger partial charge in [-0.2, -0.15) is 4.31 Å². The lowest BCUT2D eigenvalue weighted by molar-refractivity contribution is -0.128. The molecule has 4 rings (SSSR count). The van der Waals surface area contributed by atoms with E-state index in [4.69, 9.17) is 0 Å². The van der Waals surface area contributed by atoms with Crippen molar-refractivity contribution in [1.29, 1.82) is 0 Å². The van der Waals surface area contributed by atoms with Crippen molar-refractivity contribution < 1.29 is 23.1 Å². The molecule has 0 saturated carbocycles. The Bertz CT molecular complexity index is 1540. The smallest absolute Gasteiger partial charge is 0.321 e. The molecule has 1 aliphatic rings. The number of amides is 3. The van der Waals surface area contributed by atoms with Crippen molar-refractivity contribution in [1.82, 2.24) is 34.0 Å². The molecule has 0 spiro atoms. The number of nitrogens with one attached hydrogen (secondary N) is 1. The maximum atomic E-state index is 14.0. The summed E-state index contributed by atoms with van der Waals surface area (Å²) in [5.41, 5.74) is 1.68. The normalized spacial score (nSPS) is 16.2. The van der Waals surface area contributed by atoms with E-state index in [9.17, 15) is 23.1 Å². The van der Waals surface area contributed by atoms with Crippen LogP contribution in [0, 0.1) is 18.8 Å². The fraction of sp³-hybridized carbons (Fsp3) is 0.548. The lowest BCUT2D eigenvalue weighted by Crippen LogP contribution is -2.57. The number of benzene rings is 1. The molecule has 0 unspecified atom stereocenters. The van der Waals surface area contributed by atoms with E-state index in [1.54, 1.807) is 21.4 Å². The number of hydrogen-bond acceptors (Lipinski definition) is 8. The van der Waals surface area contributed by atoms with E-state index in [0.29, 0.717) is 19.6 Å². The minimum absolute atomic E-state index is 0.0273. The summed E-state index contributed by atoms with van der Waals surface area (Å²) >= 11 is 1.53. The molecule has 0 bridgehead atoms. The monoisotopic (exact) mass is 659 g/mol. The third kappa shape index (κ3) is 8.69. The fourth-order valence-corrected chi connectivity index (χ4v) is 7.77. The number of rotatable bonds is 15. The molecule has 1 saturated heterocycles. The molecular weight excluding hydrogens is 615 g/mol. The average molecular weight is 660 g/mol. The Morgan fingerprint density at radius 2 is 1.84 bits per heavy atom. The van der Waals surface area contributed by atoms with E-state index in [-0.39, 0.29) is 42.4 Å².